The molecule has 5 nitrogen and oxygen atoms in total. The van der Waals surface area contributed by atoms with Gasteiger partial charge in [-0.1, -0.05) is 0 Å². The number of nitrogens with zero attached hydrogens (tertiary/aromatic N) is 1. The van der Waals surface area contributed by atoms with E-state index in [2.05, 4.69) is 10.6 Å². The van der Waals surface area contributed by atoms with Crippen molar-refractivity contribution in [3.63, 3.8) is 0 Å². The van der Waals surface area contributed by atoms with Crippen molar-refractivity contribution >= 4 is 24.2 Å². The molecular weight excluding hydrogens is 254 g/mol. The first-order chi connectivity index (χ1) is 8.25. The second-order valence-electron chi connectivity index (χ2n) is 4.90. The van der Waals surface area contributed by atoms with E-state index in [1.54, 1.807) is 4.90 Å². The van der Waals surface area contributed by atoms with Crippen molar-refractivity contribution in [1.29, 1.82) is 0 Å². The van der Waals surface area contributed by atoms with Crippen LogP contribution in [0.3, 0.4) is 0 Å². The van der Waals surface area contributed by atoms with E-state index in [9.17, 15) is 9.59 Å². The number of amides is 2. The molecule has 104 valence electrons. The van der Waals surface area contributed by atoms with Gasteiger partial charge in [-0.15, -0.1) is 12.4 Å². The Morgan fingerprint density at radius 1 is 1.28 bits per heavy atom. The standard InChI is InChI=1S/C12H21N3O2.ClH/c16-11-9-15(8-7-14-11)12(17)2-1-10-3-5-13-6-4-10;/h10,13H,1-9H2,(H,14,16);1H. The molecule has 0 aromatic carbocycles. The molecular formula is C12H22ClN3O2. The molecule has 0 bridgehead atoms. The average molecular weight is 276 g/mol. The van der Waals surface area contributed by atoms with Gasteiger partial charge in [0, 0.05) is 19.5 Å². The molecule has 0 aromatic rings. The van der Waals surface area contributed by atoms with E-state index < -0.39 is 0 Å². The molecule has 0 unspecified atom stereocenters. The minimum Gasteiger partial charge on any atom is -0.353 e. The molecule has 0 aliphatic carbocycles. The number of piperazine rings is 1. The Morgan fingerprint density at radius 2 is 2.00 bits per heavy atom. The van der Waals surface area contributed by atoms with Crippen molar-refractivity contribution in [3.8, 4) is 0 Å². The molecule has 2 aliphatic rings. The highest BCUT2D eigenvalue weighted by Gasteiger charge is 2.22. The smallest absolute Gasteiger partial charge is 0.239 e. The van der Waals surface area contributed by atoms with E-state index in [1.807, 2.05) is 0 Å². The molecule has 2 fully saturated rings. The third-order valence-electron chi connectivity index (χ3n) is 3.62. The minimum absolute atomic E-state index is 0. The zero-order valence-corrected chi connectivity index (χ0v) is 11.4. The fraction of sp³-hybridized carbons (Fsp3) is 0.833. The van der Waals surface area contributed by atoms with E-state index in [-0.39, 0.29) is 30.8 Å². The Bertz CT molecular complexity index is 293. The fourth-order valence-corrected chi connectivity index (χ4v) is 2.51. The lowest BCUT2D eigenvalue weighted by molar-refractivity contribution is -0.138. The van der Waals surface area contributed by atoms with Gasteiger partial charge in [-0.3, -0.25) is 9.59 Å². The minimum atomic E-state index is -0.0357. The van der Waals surface area contributed by atoms with Gasteiger partial charge in [-0.05, 0) is 38.3 Å². The highest BCUT2D eigenvalue weighted by Crippen LogP contribution is 2.18. The first-order valence-electron chi connectivity index (χ1n) is 6.51. The largest absolute Gasteiger partial charge is 0.353 e. The SMILES string of the molecule is Cl.O=C1CN(C(=O)CCC2CCNCC2)CCN1. The summed E-state index contributed by atoms with van der Waals surface area (Å²) in [6.45, 7) is 3.65. The first-order valence-corrected chi connectivity index (χ1v) is 6.51. The van der Waals surface area contributed by atoms with Crippen LogP contribution in [0.2, 0.25) is 0 Å². The van der Waals surface area contributed by atoms with Gasteiger partial charge in [-0.2, -0.15) is 0 Å². The summed E-state index contributed by atoms with van der Waals surface area (Å²) in [5.41, 5.74) is 0. The maximum absolute atomic E-state index is 11.9. The lowest BCUT2D eigenvalue weighted by Crippen LogP contribution is -2.50. The maximum Gasteiger partial charge on any atom is 0.239 e. The van der Waals surface area contributed by atoms with Crippen LogP contribution >= 0.6 is 12.4 Å². The predicted octanol–water partition coefficient (Wildman–Crippen LogP) is 0.146. The molecule has 6 heteroatoms. The van der Waals surface area contributed by atoms with Gasteiger partial charge < -0.3 is 15.5 Å². The van der Waals surface area contributed by atoms with Crippen LogP contribution < -0.4 is 10.6 Å². The highest BCUT2D eigenvalue weighted by molar-refractivity contribution is 5.86. The first kappa shape index (κ1) is 15.2. The van der Waals surface area contributed by atoms with E-state index in [4.69, 9.17) is 0 Å². The third kappa shape index (κ3) is 4.46. The van der Waals surface area contributed by atoms with Crippen molar-refractivity contribution in [2.75, 3.05) is 32.7 Å². The summed E-state index contributed by atoms with van der Waals surface area (Å²) in [5, 5.41) is 6.05. The topological polar surface area (TPSA) is 61.4 Å². The lowest BCUT2D eigenvalue weighted by atomic mass is 9.93. The van der Waals surface area contributed by atoms with Crippen LogP contribution in [-0.4, -0.2) is 49.4 Å². The summed E-state index contributed by atoms with van der Waals surface area (Å²) in [7, 11) is 0. The Morgan fingerprint density at radius 3 is 2.67 bits per heavy atom. The van der Waals surface area contributed by atoms with Gasteiger partial charge in [0.15, 0.2) is 0 Å². The van der Waals surface area contributed by atoms with Crippen molar-refractivity contribution in [2.24, 2.45) is 5.92 Å². The number of hydrogen-bond donors (Lipinski definition) is 2. The van der Waals surface area contributed by atoms with Crippen molar-refractivity contribution in [2.45, 2.75) is 25.7 Å². The molecule has 2 saturated heterocycles. The van der Waals surface area contributed by atoms with Gasteiger partial charge in [-0.25, -0.2) is 0 Å². The second-order valence-corrected chi connectivity index (χ2v) is 4.90. The van der Waals surface area contributed by atoms with Crippen molar-refractivity contribution in [3.05, 3.63) is 0 Å². The van der Waals surface area contributed by atoms with Crippen molar-refractivity contribution in [1.82, 2.24) is 15.5 Å². The van der Waals surface area contributed by atoms with Gasteiger partial charge in [0.05, 0.1) is 6.54 Å². The monoisotopic (exact) mass is 275 g/mol. The number of halogens is 1. The van der Waals surface area contributed by atoms with Gasteiger partial charge in [0.25, 0.3) is 0 Å². The molecule has 0 saturated carbocycles. The van der Waals surface area contributed by atoms with Crippen LogP contribution in [0.1, 0.15) is 25.7 Å². The predicted molar refractivity (Wildman–Crippen MR) is 71.7 cm³/mol. The summed E-state index contributed by atoms with van der Waals surface area (Å²) in [6, 6.07) is 0. The molecule has 2 amide bonds. The van der Waals surface area contributed by atoms with E-state index in [1.165, 1.54) is 12.8 Å². The van der Waals surface area contributed by atoms with Crippen LogP contribution in [0, 0.1) is 5.92 Å². The summed E-state index contributed by atoms with van der Waals surface area (Å²) in [4.78, 5) is 24.8. The summed E-state index contributed by atoms with van der Waals surface area (Å²) in [6.07, 6.45) is 3.91. The molecule has 0 aromatic heterocycles. The Balaban J connectivity index is 0.00000162. The molecule has 18 heavy (non-hydrogen) atoms. The van der Waals surface area contributed by atoms with Gasteiger partial charge in [0.2, 0.25) is 11.8 Å². The Labute approximate surface area is 114 Å². The van der Waals surface area contributed by atoms with Crippen LogP contribution in [0.4, 0.5) is 0 Å². The maximum atomic E-state index is 11.9. The zero-order valence-electron chi connectivity index (χ0n) is 10.6. The van der Waals surface area contributed by atoms with Gasteiger partial charge in [0.1, 0.15) is 0 Å². The average Bonchev–Trinajstić information content (AvgIpc) is 2.37. The molecule has 0 spiro atoms. The molecule has 2 heterocycles. The number of piperidine rings is 1. The Hall–Kier alpha value is -0.810. The molecule has 2 aliphatic heterocycles. The quantitative estimate of drug-likeness (QED) is 0.771. The molecule has 2 rings (SSSR count). The number of hydrogen-bond acceptors (Lipinski definition) is 3. The van der Waals surface area contributed by atoms with E-state index >= 15 is 0 Å². The third-order valence-corrected chi connectivity index (χ3v) is 3.62. The second kappa shape index (κ2) is 7.59. The van der Waals surface area contributed by atoms with Crippen LogP contribution in [0.25, 0.3) is 0 Å². The highest BCUT2D eigenvalue weighted by atomic mass is 35.5. The molecule has 0 atom stereocenters. The number of rotatable bonds is 3. The molecule has 0 radical (unpaired) electrons. The van der Waals surface area contributed by atoms with Crippen LogP contribution in [0.15, 0.2) is 0 Å². The summed E-state index contributed by atoms with van der Waals surface area (Å²) >= 11 is 0. The summed E-state index contributed by atoms with van der Waals surface area (Å²) in [5.74, 6) is 0.781. The molecule has 2 N–H and O–H groups in total. The van der Waals surface area contributed by atoms with Crippen molar-refractivity contribution < 1.29 is 9.59 Å². The van der Waals surface area contributed by atoms with E-state index in [0.29, 0.717) is 25.4 Å². The van der Waals surface area contributed by atoms with Crippen LogP contribution in [-0.2, 0) is 9.59 Å². The normalized spacial score (nSPS) is 21.1. The Kier molecular flexibility index (Phi) is 6.43. The zero-order chi connectivity index (χ0) is 12.1. The van der Waals surface area contributed by atoms with Crippen LogP contribution in [0.5, 0.6) is 0 Å². The lowest BCUT2D eigenvalue weighted by Gasteiger charge is -2.28. The number of nitrogens with one attached hydrogen (secondary N) is 2. The van der Waals surface area contributed by atoms with E-state index in [0.717, 1.165) is 19.5 Å². The summed E-state index contributed by atoms with van der Waals surface area (Å²) < 4.78 is 0. The number of carbonyl (C=O) groups excluding carboxylic acids is 2. The van der Waals surface area contributed by atoms with Gasteiger partial charge >= 0.3 is 0 Å². The fourth-order valence-electron chi connectivity index (χ4n) is 2.51. The number of carbonyl (C=O) groups is 2.